The smallest absolute Gasteiger partial charge is 0.251 e. The Labute approximate surface area is 153 Å². The Morgan fingerprint density at radius 3 is 2.58 bits per heavy atom. The van der Waals surface area contributed by atoms with Crippen molar-refractivity contribution in [2.75, 3.05) is 34.8 Å². The summed E-state index contributed by atoms with van der Waals surface area (Å²) in [7, 11) is 2.67. The molecule has 0 saturated heterocycles. The predicted molar refractivity (Wildman–Crippen MR) is 96.7 cm³/mol. The SMILES string of the molecule is CNS(=O)(=O)c1cc(C(=O)NCC(c2ccco2)N(C)C)ccc1OC. The Morgan fingerprint density at radius 2 is 2.04 bits per heavy atom. The van der Waals surface area contributed by atoms with Crippen LogP contribution in [-0.4, -0.2) is 54.0 Å². The Balaban J connectivity index is 2.20. The van der Waals surface area contributed by atoms with Gasteiger partial charge in [0.2, 0.25) is 10.0 Å². The molecule has 2 rings (SSSR count). The molecular weight excluding hydrogens is 358 g/mol. The fourth-order valence-corrected chi connectivity index (χ4v) is 3.37. The molecule has 0 saturated carbocycles. The summed E-state index contributed by atoms with van der Waals surface area (Å²) >= 11 is 0. The lowest BCUT2D eigenvalue weighted by Gasteiger charge is -2.22. The first-order chi connectivity index (χ1) is 12.3. The Kier molecular flexibility index (Phi) is 6.41. The van der Waals surface area contributed by atoms with E-state index in [0.717, 1.165) is 5.76 Å². The number of likely N-dealkylation sites (N-methyl/N-ethyl adjacent to an activating group) is 1. The molecule has 1 heterocycles. The lowest BCUT2D eigenvalue weighted by atomic mass is 10.1. The van der Waals surface area contributed by atoms with Gasteiger partial charge in [-0.1, -0.05) is 0 Å². The third-order valence-electron chi connectivity index (χ3n) is 3.93. The lowest BCUT2D eigenvalue weighted by molar-refractivity contribution is 0.0939. The van der Waals surface area contributed by atoms with Gasteiger partial charge in [-0.25, -0.2) is 13.1 Å². The number of hydrogen-bond donors (Lipinski definition) is 2. The highest BCUT2D eigenvalue weighted by atomic mass is 32.2. The Bertz CT molecular complexity index is 847. The van der Waals surface area contributed by atoms with Gasteiger partial charge in [0, 0.05) is 12.1 Å². The van der Waals surface area contributed by atoms with Gasteiger partial charge in [-0.05, 0) is 51.5 Å². The van der Waals surface area contributed by atoms with Crippen molar-refractivity contribution >= 4 is 15.9 Å². The van der Waals surface area contributed by atoms with E-state index in [1.165, 1.54) is 32.4 Å². The largest absolute Gasteiger partial charge is 0.495 e. The number of ether oxygens (including phenoxy) is 1. The second-order valence-electron chi connectivity index (χ2n) is 5.78. The second kappa shape index (κ2) is 8.35. The summed E-state index contributed by atoms with van der Waals surface area (Å²) in [5.74, 6) is 0.500. The molecule has 0 spiro atoms. The van der Waals surface area contributed by atoms with Crippen LogP contribution in [-0.2, 0) is 10.0 Å². The normalized spacial score (nSPS) is 12.8. The number of sulfonamides is 1. The summed E-state index contributed by atoms with van der Waals surface area (Å²) in [6.07, 6.45) is 1.58. The highest BCUT2D eigenvalue weighted by Gasteiger charge is 2.22. The minimum Gasteiger partial charge on any atom is -0.495 e. The molecule has 0 radical (unpaired) electrons. The van der Waals surface area contributed by atoms with Gasteiger partial charge in [0.25, 0.3) is 5.91 Å². The number of amides is 1. The summed E-state index contributed by atoms with van der Waals surface area (Å²) in [6.45, 7) is 0.305. The predicted octanol–water partition coefficient (Wildman–Crippen LogP) is 1.23. The molecule has 0 aliphatic carbocycles. The molecule has 1 unspecified atom stereocenters. The van der Waals surface area contributed by atoms with Crippen LogP contribution in [0.2, 0.25) is 0 Å². The molecule has 1 aromatic heterocycles. The Morgan fingerprint density at radius 1 is 1.31 bits per heavy atom. The highest BCUT2D eigenvalue weighted by Crippen LogP contribution is 2.25. The van der Waals surface area contributed by atoms with Gasteiger partial charge in [0.15, 0.2) is 0 Å². The fraction of sp³-hybridized carbons (Fsp3) is 0.353. The molecule has 0 bridgehead atoms. The third kappa shape index (κ3) is 4.43. The first kappa shape index (κ1) is 20.0. The van der Waals surface area contributed by atoms with Crippen LogP contribution in [0.5, 0.6) is 5.75 Å². The van der Waals surface area contributed by atoms with Crippen LogP contribution in [0.25, 0.3) is 0 Å². The summed E-state index contributed by atoms with van der Waals surface area (Å²) in [5, 5.41) is 2.81. The number of nitrogens with one attached hydrogen (secondary N) is 2. The van der Waals surface area contributed by atoms with Gasteiger partial charge >= 0.3 is 0 Å². The highest BCUT2D eigenvalue weighted by molar-refractivity contribution is 7.89. The molecule has 0 aliphatic rings. The molecule has 2 N–H and O–H groups in total. The molecular formula is C17H23N3O5S. The van der Waals surface area contributed by atoms with Crippen molar-refractivity contribution in [1.29, 1.82) is 0 Å². The van der Waals surface area contributed by atoms with Crippen LogP contribution in [0.4, 0.5) is 0 Å². The zero-order chi connectivity index (χ0) is 19.3. The van der Waals surface area contributed by atoms with E-state index in [-0.39, 0.29) is 22.3 Å². The van der Waals surface area contributed by atoms with Crippen LogP contribution < -0.4 is 14.8 Å². The number of methoxy groups -OCH3 is 1. The molecule has 26 heavy (non-hydrogen) atoms. The maximum atomic E-state index is 12.5. The molecule has 0 aliphatic heterocycles. The van der Waals surface area contributed by atoms with Gasteiger partial charge in [0.05, 0.1) is 19.4 Å². The van der Waals surface area contributed by atoms with Crippen molar-refractivity contribution in [3.63, 3.8) is 0 Å². The molecule has 142 valence electrons. The van der Waals surface area contributed by atoms with Crippen LogP contribution in [0.1, 0.15) is 22.2 Å². The number of benzene rings is 1. The van der Waals surface area contributed by atoms with E-state index in [0.29, 0.717) is 6.54 Å². The van der Waals surface area contributed by atoms with E-state index < -0.39 is 15.9 Å². The van der Waals surface area contributed by atoms with Crippen LogP contribution >= 0.6 is 0 Å². The first-order valence-corrected chi connectivity index (χ1v) is 9.38. The maximum Gasteiger partial charge on any atom is 0.251 e. The average Bonchev–Trinajstić information content (AvgIpc) is 3.15. The minimum absolute atomic E-state index is 0.0923. The topological polar surface area (TPSA) is 101 Å². The standard InChI is InChI=1S/C17H23N3O5S/c1-18-26(22,23)16-10-12(7-8-15(16)24-4)17(21)19-11-13(20(2)3)14-6-5-9-25-14/h5-10,13,18H,11H2,1-4H3,(H,19,21). The van der Waals surface area contributed by atoms with Crippen LogP contribution in [0.3, 0.4) is 0 Å². The van der Waals surface area contributed by atoms with Crippen molar-refractivity contribution in [1.82, 2.24) is 14.9 Å². The summed E-state index contributed by atoms with van der Waals surface area (Å²) < 4.78 is 37.0. The molecule has 1 atom stereocenters. The summed E-state index contributed by atoms with van der Waals surface area (Å²) in [6, 6.07) is 7.73. The van der Waals surface area contributed by atoms with E-state index in [2.05, 4.69) is 10.0 Å². The second-order valence-corrected chi connectivity index (χ2v) is 7.63. The number of carbonyl (C=O) groups is 1. The van der Waals surface area contributed by atoms with Gasteiger partial charge in [-0.3, -0.25) is 9.69 Å². The van der Waals surface area contributed by atoms with Crippen molar-refractivity contribution in [2.24, 2.45) is 0 Å². The maximum absolute atomic E-state index is 12.5. The van der Waals surface area contributed by atoms with E-state index in [1.807, 2.05) is 25.1 Å². The van der Waals surface area contributed by atoms with Crippen LogP contribution in [0.15, 0.2) is 45.9 Å². The molecule has 9 heteroatoms. The van der Waals surface area contributed by atoms with E-state index in [9.17, 15) is 13.2 Å². The van der Waals surface area contributed by atoms with Gasteiger partial charge in [-0.2, -0.15) is 0 Å². The number of furan rings is 1. The van der Waals surface area contributed by atoms with E-state index in [1.54, 1.807) is 12.3 Å². The molecule has 2 aromatic rings. The van der Waals surface area contributed by atoms with Crippen LogP contribution in [0, 0.1) is 0 Å². The number of carbonyl (C=O) groups excluding carboxylic acids is 1. The van der Waals surface area contributed by atoms with Gasteiger partial charge in [0.1, 0.15) is 16.4 Å². The first-order valence-electron chi connectivity index (χ1n) is 7.89. The zero-order valence-electron chi connectivity index (χ0n) is 15.1. The van der Waals surface area contributed by atoms with E-state index in [4.69, 9.17) is 9.15 Å². The van der Waals surface area contributed by atoms with E-state index >= 15 is 0 Å². The number of rotatable bonds is 8. The number of nitrogens with zero attached hydrogens (tertiary/aromatic N) is 1. The van der Waals surface area contributed by atoms with Gasteiger partial charge in [-0.15, -0.1) is 0 Å². The quantitative estimate of drug-likeness (QED) is 0.713. The van der Waals surface area contributed by atoms with Crippen molar-refractivity contribution in [3.8, 4) is 5.75 Å². The van der Waals surface area contributed by atoms with Crippen molar-refractivity contribution in [2.45, 2.75) is 10.9 Å². The number of hydrogen-bond acceptors (Lipinski definition) is 6. The zero-order valence-corrected chi connectivity index (χ0v) is 16.0. The molecule has 0 fully saturated rings. The molecule has 1 amide bonds. The molecule has 8 nitrogen and oxygen atoms in total. The summed E-state index contributed by atoms with van der Waals surface area (Å²) in [5.41, 5.74) is 0.219. The minimum atomic E-state index is -3.76. The fourth-order valence-electron chi connectivity index (χ4n) is 2.45. The van der Waals surface area contributed by atoms with Crippen molar-refractivity contribution in [3.05, 3.63) is 47.9 Å². The third-order valence-corrected chi connectivity index (χ3v) is 5.37. The molecule has 1 aromatic carbocycles. The Hall–Kier alpha value is -2.36. The lowest BCUT2D eigenvalue weighted by Crippen LogP contribution is -2.34. The summed E-state index contributed by atoms with van der Waals surface area (Å²) in [4.78, 5) is 14.3. The van der Waals surface area contributed by atoms with Gasteiger partial charge < -0.3 is 14.5 Å². The average molecular weight is 381 g/mol. The van der Waals surface area contributed by atoms with Crippen molar-refractivity contribution < 1.29 is 22.4 Å². The monoisotopic (exact) mass is 381 g/mol.